The van der Waals surface area contributed by atoms with Crippen molar-refractivity contribution in [3.63, 3.8) is 0 Å². The van der Waals surface area contributed by atoms with Crippen molar-refractivity contribution in [3.8, 4) is 0 Å². The summed E-state index contributed by atoms with van der Waals surface area (Å²) in [5, 5.41) is 15.2. The summed E-state index contributed by atoms with van der Waals surface area (Å²) in [5.41, 5.74) is 0. The van der Waals surface area contributed by atoms with Crippen molar-refractivity contribution in [2.45, 2.75) is 26.7 Å². The van der Waals surface area contributed by atoms with E-state index in [0.717, 1.165) is 0 Å². The van der Waals surface area contributed by atoms with E-state index in [9.17, 15) is 0 Å². The molecule has 2 heteroatoms. The Morgan fingerprint density at radius 2 is 1.12 bits per heavy atom. The maximum absolute atomic E-state index is 7.62. The SMILES string of the molecule is CCCC.OCCO. The third-order valence-corrected chi connectivity index (χ3v) is 0.600. The Balaban J connectivity index is 0. The van der Waals surface area contributed by atoms with E-state index in [1.807, 2.05) is 0 Å². The molecule has 2 N–H and O–H groups in total. The molecule has 0 amide bonds. The summed E-state index contributed by atoms with van der Waals surface area (Å²) in [4.78, 5) is 0. The van der Waals surface area contributed by atoms with Crippen LogP contribution in [0.1, 0.15) is 26.7 Å². The van der Waals surface area contributed by atoms with E-state index in [1.165, 1.54) is 12.8 Å². The van der Waals surface area contributed by atoms with E-state index in [4.69, 9.17) is 10.2 Å². The van der Waals surface area contributed by atoms with Crippen LogP contribution in [0.25, 0.3) is 0 Å². The van der Waals surface area contributed by atoms with Crippen LogP contribution in [0, 0.1) is 0 Å². The summed E-state index contributed by atoms with van der Waals surface area (Å²) < 4.78 is 0. The molecule has 0 bridgehead atoms. The zero-order valence-electron chi connectivity index (χ0n) is 5.72. The molecule has 8 heavy (non-hydrogen) atoms. The van der Waals surface area contributed by atoms with Crippen LogP contribution in [0.15, 0.2) is 0 Å². The molecule has 0 aromatic carbocycles. The van der Waals surface area contributed by atoms with E-state index in [1.54, 1.807) is 0 Å². The standard InChI is InChI=1S/C4H10.C2H6O2/c1-3-4-2;3-1-2-4/h3-4H2,1-2H3;3-4H,1-2H2. The predicted octanol–water partition coefficient (Wildman–Crippen LogP) is 0.777. The molecule has 0 saturated heterocycles. The fourth-order valence-corrected chi connectivity index (χ4v) is 0. The lowest BCUT2D eigenvalue weighted by molar-refractivity contribution is 0.186. The summed E-state index contributed by atoms with van der Waals surface area (Å²) in [6.45, 7) is 4.11. The number of hydrogen-bond acceptors (Lipinski definition) is 2. The van der Waals surface area contributed by atoms with Crippen molar-refractivity contribution in [2.75, 3.05) is 13.2 Å². The first-order valence-corrected chi connectivity index (χ1v) is 3.05. The van der Waals surface area contributed by atoms with Crippen LogP contribution in [-0.2, 0) is 0 Å². The topological polar surface area (TPSA) is 40.5 Å². The highest BCUT2D eigenvalue weighted by Crippen LogP contribution is 1.76. The van der Waals surface area contributed by atoms with Gasteiger partial charge in [-0.3, -0.25) is 0 Å². The van der Waals surface area contributed by atoms with Crippen LogP contribution in [-0.4, -0.2) is 23.4 Å². The number of aliphatic hydroxyl groups excluding tert-OH is 2. The molecular weight excluding hydrogens is 104 g/mol. The molecule has 0 spiro atoms. The Labute approximate surface area is 51.2 Å². The minimum absolute atomic E-state index is 0.125. The normalized spacial score (nSPS) is 7.50. The molecule has 0 saturated carbocycles. The molecule has 0 aromatic heterocycles. The second-order valence-corrected chi connectivity index (χ2v) is 1.45. The summed E-state index contributed by atoms with van der Waals surface area (Å²) in [7, 11) is 0. The van der Waals surface area contributed by atoms with Crippen molar-refractivity contribution in [3.05, 3.63) is 0 Å². The van der Waals surface area contributed by atoms with E-state index in [0.29, 0.717) is 0 Å². The Morgan fingerprint density at radius 3 is 1.12 bits per heavy atom. The highest BCUT2D eigenvalue weighted by molar-refractivity contribution is 4.12. The Kier molecular flexibility index (Phi) is 21.3. The number of unbranched alkanes of at least 4 members (excludes halogenated alkanes) is 1. The maximum atomic E-state index is 7.62. The minimum atomic E-state index is -0.125. The van der Waals surface area contributed by atoms with Gasteiger partial charge in [0.2, 0.25) is 0 Å². The highest BCUT2D eigenvalue weighted by Gasteiger charge is 1.58. The van der Waals surface area contributed by atoms with Gasteiger partial charge in [-0.05, 0) is 0 Å². The van der Waals surface area contributed by atoms with Gasteiger partial charge in [0, 0.05) is 0 Å². The molecular formula is C6H16O2. The van der Waals surface area contributed by atoms with Gasteiger partial charge in [-0.25, -0.2) is 0 Å². The van der Waals surface area contributed by atoms with Gasteiger partial charge < -0.3 is 10.2 Å². The molecule has 0 aliphatic heterocycles. The number of hydrogen-bond donors (Lipinski definition) is 2. The molecule has 0 aromatic rings. The largest absolute Gasteiger partial charge is 0.394 e. The zero-order valence-corrected chi connectivity index (χ0v) is 5.72. The van der Waals surface area contributed by atoms with E-state index in [-0.39, 0.29) is 13.2 Å². The number of aliphatic hydroxyl groups is 2. The van der Waals surface area contributed by atoms with Crippen LogP contribution in [0.3, 0.4) is 0 Å². The minimum Gasteiger partial charge on any atom is -0.394 e. The van der Waals surface area contributed by atoms with Crippen LogP contribution in [0.5, 0.6) is 0 Å². The van der Waals surface area contributed by atoms with Gasteiger partial charge >= 0.3 is 0 Å². The van der Waals surface area contributed by atoms with Crippen molar-refractivity contribution >= 4 is 0 Å². The van der Waals surface area contributed by atoms with E-state index in [2.05, 4.69) is 13.8 Å². The van der Waals surface area contributed by atoms with Gasteiger partial charge in [0.25, 0.3) is 0 Å². The van der Waals surface area contributed by atoms with E-state index >= 15 is 0 Å². The summed E-state index contributed by atoms with van der Waals surface area (Å²) in [6.07, 6.45) is 2.64. The molecule has 0 atom stereocenters. The van der Waals surface area contributed by atoms with Gasteiger partial charge in [-0.2, -0.15) is 0 Å². The molecule has 0 radical (unpaired) electrons. The first-order chi connectivity index (χ1) is 3.83. The van der Waals surface area contributed by atoms with Gasteiger partial charge in [0.05, 0.1) is 13.2 Å². The second kappa shape index (κ2) is 15.8. The lowest BCUT2D eigenvalue weighted by Gasteiger charge is -1.70. The molecule has 2 nitrogen and oxygen atoms in total. The predicted molar refractivity (Wildman–Crippen MR) is 34.8 cm³/mol. The quantitative estimate of drug-likeness (QED) is 0.565. The Morgan fingerprint density at radius 1 is 0.875 bits per heavy atom. The molecule has 0 aliphatic rings. The second-order valence-electron chi connectivity index (χ2n) is 1.45. The van der Waals surface area contributed by atoms with Crippen molar-refractivity contribution in [2.24, 2.45) is 0 Å². The maximum Gasteiger partial charge on any atom is 0.0662 e. The van der Waals surface area contributed by atoms with Crippen LogP contribution in [0.4, 0.5) is 0 Å². The summed E-state index contributed by atoms with van der Waals surface area (Å²) in [5.74, 6) is 0. The fourth-order valence-electron chi connectivity index (χ4n) is 0. The third kappa shape index (κ3) is 38.9. The lowest BCUT2D eigenvalue weighted by atomic mass is 10.4. The van der Waals surface area contributed by atoms with Crippen molar-refractivity contribution < 1.29 is 10.2 Å². The zero-order chi connectivity index (χ0) is 6.83. The van der Waals surface area contributed by atoms with Crippen LogP contribution in [0.2, 0.25) is 0 Å². The average molecular weight is 120 g/mol. The average Bonchev–Trinajstić information content (AvgIpc) is 1.88. The molecule has 0 heterocycles. The third-order valence-electron chi connectivity index (χ3n) is 0.600. The summed E-state index contributed by atoms with van der Waals surface area (Å²) >= 11 is 0. The van der Waals surface area contributed by atoms with Gasteiger partial charge in [-0.15, -0.1) is 0 Å². The Hall–Kier alpha value is -0.0800. The van der Waals surface area contributed by atoms with Gasteiger partial charge in [0.1, 0.15) is 0 Å². The van der Waals surface area contributed by atoms with Crippen LogP contribution < -0.4 is 0 Å². The lowest BCUT2D eigenvalue weighted by Crippen LogP contribution is -1.85. The monoisotopic (exact) mass is 120 g/mol. The first-order valence-electron chi connectivity index (χ1n) is 3.05. The van der Waals surface area contributed by atoms with E-state index < -0.39 is 0 Å². The van der Waals surface area contributed by atoms with Gasteiger partial charge in [0.15, 0.2) is 0 Å². The fraction of sp³-hybridized carbons (Fsp3) is 1.00. The molecule has 0 aliphatic carbocycles. The first kappa shape index (κ1) is 10.8. The molecule has 0 unspecified atom stereocenters. The van der Waals surface area contributed by atoms with Crippen LogP contribution >= 0.6 is 0 Å². The smallest absolute Gasteiger partial charge is 0.0662 e. The number of rotatable bonds is 2. The molecule has 0 rings (SSSR count). The summed E-state index contributed by atoms with van der Waals surface area (Å²) in [6, 6.07) is 0. The van der Waals surface area contributed by atoms with Crippen molar-refractivity contribution in [1.82, 2.24) is 0 Å². The van der Waals surface area contributed by atoms with Gasteiger partial charge in [-0.1, -0.05) is 26.7 Å². The molecule has 0 fully saturated rings. The highest BCUT2D eigenvalue weighted by atomic mass is 16.3. The Bertz CT molecular complexity index is 14.5. The molecule has 52 valence electrons. The van der Waals surface area contributed by atoms with Crippen molar-refractivity contribution in [1.29, 1.82) is 0 Å².